The van der Waals surface area contributed by atoms with E-state index < -0.39 is 13.8 Å². The molecule has 0 aliphatic carbocycles. The fourth-order valence-electron chi connectivity index (χ4n) is 0.598. The lowest BCUT2D eigenvalue weighted by molar-refractivity contribution is -0.138. The van der Waals surface area contributed by atoms with Crippen LogP contribution in [0.3, 0.4) is 0 Å². The van der Waals surface area contributed by atoms with Crippen molar-refractivity contribution in [3.63, 3.8) is 0 Å². The fourth-order valence-corrected chi connectivity index (χ4v) is 1.39. The minimum atomic E-state index is -3.99. The third kappa shape index (κ3) is 8.32. The van der Waals surface area contributed by atoms with Gasteiger partial charge >= 0.3 is 13.8 Å². The highest BCUT2D eigenvalue weighted by atomic mass is 31.2. The fraction of sp³-hybridized carbons (Fsp3) is 0.625. The van der Waals surface area contributed by atoms with Crippen molar-refractivity contribution in [1.29, 1.82) is 0 Å². The summed E-state index contributed by atoms with van der Waals surface area (Å²) in [7, 11) is -3.99. The number of hydrogen-bond donors (Lipinski definition) is 1. The Kier molecular flexibility index (Phi) is 7.25. The first-order chi connectivity index (χ1) is 7.02. The van der Waals surface area contributed by atoms with Crippen LogP contribution >= 0.6 is 7.82 Å². The standard InChI is InChI=1S/C8H15O6P/c1-3-5-13-15(10,11)14-7-6-12-8(9)4-2/h4H,2-3,5-7H2,1H3,(H,10,11). The lowest BCUT2D eigenvalue weighted by Crippen LogP contribution is -2.08. The van der Waals surface area contributed by atoms with Crippen LogP contribution in [0.4, 0.5) is 0 Å². The smallest absolute Gasteiger partial charge is 0.460 e. The van der Waals surface area contributed by atoms with Crippen molar-refractivity contribution in [3.05, 3.63) is 12.7 Å². The molecule has 15 heavy (non-hydrogen) atoms. The van der Waals surface area contributed by atoms with Gasteiger partial charge in [-0.15, -0.1) is 0 Å². The van der Waals surface area contributed by atoms with Crippen molar-refractivity contribution in [2.75, 3.05) is 19.8 Å². The number of carbonyl (C=O) groups excluding carboxylic acids is 1. The van der Waals surface area contributed by atoms with Gasteiger partial charge in [0.15, 0.2) is 0 Å². The van der Waals surface area contributed by atoms with Gasteiger partial charge in [-0.2, -0.15) is 0 Å². The Labute approximate surface area is 88.5 Å². The molecule has 0 aromatic carbocycles. The first-order valence-corrected chi connectivity index (χ1v) is 5.92. The second kappa shape index (κ2) is 7.59. The van der Waals surface area contributed by atoms with E-state index in [2.05, 4.69) is 20.4 Å². The second-order valence-corrected chi connectivity index (χ2v) is 3.96. The van der Waals surface area contributed by atoms with Crippen molar-refractivity contribution < 1.29 is 28.0 Å². The predicted octanol–water partition coefficient (Wildman–Crippen LogP) is 1.26. The largest absolute Gasteiger partial charge is 0.472 e. The van der Waals surface area contributed by atoms with E-state index in [1.165, 1.54) is 0 Å². The molecule has 0 aliphatic heterocycles. The average Bonchev–Trinajstić information content (AvgIpc) is 2.21. The minimum absolute atomic E-state index is 0.120. The highest BCUT2D eigenvalue weighted by molar-refractivity contribution is 7.47. The number of hydrogen-bond acceptors (Lipinski definition) is 5. The number of carbonyl (C=O) groups is 1. The number of phosphoric ester groups is 1. The maximum atomic E-state index is 11.0. The maximum Gasteiger partial charge on any atom is 0.472 e. The van der Waals surface area contributed by atoms with E-state index in [1.807, 2.05) is 0 Å². The summed E-state index contributed by atoms with van der Waals surface area (Å²) in [5, 5.41) is 0. The quantitative estimate of drug-likeness (QED) is 0.296. The molecule has 88 valence electrons. The minimum Gasteiger partial charge on any atom is -0.460 e. The van der Waals surface area contributed by atoms with Crippen LogP contribution in [0.2, 0.25) is 0 Å². The van der Waals surface area contributed by atoms with Gasteiger partial charge in [-0.1, -0.05) is 13.5 Å². The zero-order chi connectivity index (χ0) is 11.7. The zero-order valence-electron chi connectivity index (χ0n) is 8.55. The molecular weight excluding hydrogens is 223 g/mol. The second-order valence-electron chi connectivity index (χ2n) is 2.51. The number of rotatable bonds is 8. The van der Waals surface area contributed by atoms with Gasteiger partial charge in [0.2, 0.25) is 0 Å². The third-order valence-electron chi connectivity index (χ3n) is 1.21. The Morgan fingerprint density at radius 3 is 2.53 bits per heavy atom. The van der Waals surface area contributed by atoms with Gasteiger partial charge in [0.25, 0.3) is 0 Å². The Morgan fingerprint density at radius 2 is 2.00 bits per heavy atom. The Balaban J connectivity index is 3.61. The molecule has 0 aromatic rings. The molecular formula is C8H15O6P. The summed E-state index contributed by atoms with van der Waals surface area (Å²) in [4.78, 5) is 19.6. The van der Waals surface area contributed by atoms with E-state index >= 15 is 0 Å². The molecule has 0 aliphatic rings. The first kappa shape index (κ1) is 14.3. The van der Waals surface area contributed by atoms with Crippen LogP contribution < -0.4 is 0 Å². The number of ether oxygens (including phenoxy) is 1. The Bertz CT molecular complexity index is 252. The van der Waals surface area contributed by atoms with E-state index in [1.54, 1.807) is 6.92 Å². The van der Waals surface area contributed by atoms with Gasteiger partial charge in [0, 0.05) is 6.08 Å². The summed E-state index contributed by atoms with van der Waals surface area (Å²) in [5.74, 6) is -0.610. The molecule has 6 nitrogen and oxygen atoms in total. The van der Waals surface area contributed by atoms with Gasteiger partial charge < -0.3 is 9.63 Å². The van der Waals surface area contributed by atoms with Crippen molar-refractivity contribution in [3.8, 4) is 0 Å². The Hall–Kier alpha value is -0.680. The Morgan fingerprint density at radius 1 is 1.40 bits per heavy atom. The predicted molar refractivity (Wildman–Crippen MR) is 53.2 cm³/mol. The zero-order valence-corrected chi connectivity index (χ0v) is 9.44. The van der Waals surface area contributed by atoms with E-state index in [4.69, 9.17) is 4.89 Å². The van der Waals surface area contributed by atoms with Crippen LogP contribution in [0, 0.1) is 0 Å². The van der Waals surface area contributed by atoms with Gasteiger partial charge in [-0.25, -0.2) is 9.36 Å². The van der Waals surface area contributed by atoms with Crippen molar-refractivity contribution in [1.82, 2.24) is 0 Å². The molecule has 0 spiro atoms. The molecule has 0 rings (SSSR count). The first-order valence-electron chi connectivity index (χ1n) is 4.43. The van der Waals surface area contributed by atoms with E-state index in [0.717, 1.165) is 6.08 Å². The molecule has 0 amide bonds. The SMILES string of the molecule is C=CC(=O)OCCOP(=O)(O)OCCC. The maximum absolute atomic E-state index is 11.0. The summed E-state index contributed by atoms with van der Waals surface area (Å²) in [5.41, 5.74) is 0. The third-order valence-corrected chi connectivity index (χ3v) is 2.23. The molecule has 7 heteroatoms. The highest BCUT2D eigenvalue weighted by Crippen LogP contribution is 2.42. The van der Waals surface area contributed by atoms with Crippen molar-refractivity contribution >= 4 is 13.8 Å². The van der Waals surface area contributed by atoms with Crippen molar-refractivity contribution in [2.24, 2.45) is 0 Å². The molecule has 0 aromatic heterocycles. The molecule has 0 fully saturated rings. The van der Waals surface area contributed by atoms with E-state index in [0.29, 0.717) is 6.42 Å². The molecule has 0 saturated carbocycles. The molecule has 0 bridgehead atoms. The van der Waals surface area contributed by atoms with Crippen LogP contribution in [0.5, 0.6) is 0 Å². The summed E-state index contributed by atoms with van der Waals surface area (Å²) in [6, 6.07) is 0. The van der Waals surface area contributed by atoms with Gasteiger partial charge in [-0.3, -0.25) is 9.05 Å². The normalized spacial score (nSPS) is 14.3. The van der Waals surface area contributed by atoms with E-state index in [-0.39, 0.29) is 19.8 Å². The lowest BCUT2D eigenvalue weighted by Gasteiger charge is -2.11. The van der Waals surface area contributed by atoms with Gasteiger partial charge in [0.05, 0.1) is 13.2 Å². The number of phosphoric acid groups is 1. The monoisotopic (exact) mass is 238 g/mol. The van der Waals surface area contributed by atoms with Crippen LogP contribution in [0.1, 0.15) is 13.3 Å². The molecule has 0 radical (unpaired) electrons. The van der Waals surface area contributed by atoms with Gasteiger partial charge in [-0.05, 0) is 6.42 Å². The van der Waals surface area contributed by atoms with Crippen LogP contribution in [0.15, 0.2) is 12.7 Å². The van der Waals surface area contributed by atoms with Crippen LogP contribution in [-0.4, -0.2) is 30.7 Å². The number of esters is 1. The highest BCUT2D eigenvalue weighted by Gasteiger charge is 2.19. The molecule has 0 saturated heterocycles. The van der Waals surface area contributed by atoms with E-state index in [9.17, 15) is 9.36 Å². The molecule has 1 atom stereocenters. The van der Waals surface area contributed by atoms with Crippen molar-refractivity contribution in [2.45, 2.75) is 13.3 Å². The molecule has 1 unspecified atom stereocenters. The van der Waals surface area contributed by atoms with Crippen LogP contribution in [0.25, 0.3) is 0 Å². The van der Waals surface area contributed by atoms with Gasteiger partial charge in [0.1, 0.15) is 6.61 Å². The topological polar surface area (TPSA) is 82.1 Å². The summed E-state index contributed by atoms with van der Waals surface area (Å²) < 4.78 is 24.6. The average molecular weight is 238 g/mol. The molecule has 1 N–H and O–H groups in total. The summed E-state index contributed by atoms with van der Waals surface area (Å²) in [6.07, 6.45) is 1.60. The summed E-state index contributed by atoms with van der Waals surface area (Å²) >= 11 is 0. The van der Waals surface area contributed by atoms with Crippen LogP contribution in [-0.2, 0) is 23.1 Å². The molecule has 0 heterocycles. The lowest BCUT2D eigenvalue weighted by atomic mass is 10.5. The summed E-state index contributed by atoms with van der Waals surface area (Å²) in [6.45, 7) is 4.80.